The van der Waals surface area contributed by atoms with E-state index in [1.54, 1.807) is 11.9 Å². The molecule has 0 aliphatic heterocycles. The van der Waals surface area contributed by atoms with Crippen LogP contribution in [0.2, 0.25) is 0 Å². The highest BCUT2D eigenvalue weighted by Gasteiger charge is 2.07. The molecule has 0 saturated heterocycles. The van der Waals surface area contributed by atoms with Crippen molar-refractivity contribution in [3.8, 4) is 0 Å². The lowest BCUT2D eigenvalue weighted by Crippen LogP contribution is -2.31. The van der Waals surface area contributed by atoms with Gasteiger partial charge < -0.3 is 10.6 Å². The molecule has 0 rings (SSSR count). The smallest absolute Gasteiger partial charge is 0.223 e. The molecule has 0 spiro atoms. The Kier molecular flexibility index (Phi) is 4.03. The van der Waals surface area contributed by atoms with Crippen LogP contribution in [0.25, 0.3) is 0 Å². The van der Waals surface area contributed by atoms with Gasteiger partial charge in [-0.1, -0.05) is 0 Å². The lowest BCUT2D eigenvalue weighted by Gasteiger charge is -2.15. The topological polar surface area (TPSA) is 46.3 Å². The molecule has 0 saturated carbocycles. The molecule has 0 aromatic carbocycles. The molecule has 1 unspecified atom stereocenters. The van der Waals surface area contributed by atoms with E-state index in [9.17, 15) is 4.79 Å². The first-order chi connectivity index (χ1) is 4.57. The van der Waals surface area contributed by atoms with Crippen molar-refractivity contribution in [2.24, 2.45) is 5.73 Å². The number of carbonyl (C=O) groups is 1. The summed E-state index contributed by atoms with van der Waals surface area (Å²) in [6.45, 7) is 4.53. The van der Waals surface area contributed by atoms with Crippen LogP contribution in [0.5, 0.6) is 0 Å². The number of rotatable bonds is 3. The van der Waals surface area contributed by atoms with Gasteiger partial charge in [-0.2, -0.15) is 0 Å². The molecule has 10 heavy (non-hydrogen) atoms. The van der Waals surface area contributed by atoms with Crippen LogP contribution in [0.3, 0.4) is 0 Å². The summed E-state index contributed by atoms with van der Waals surface area (Å²) < 4.78 is 0. The number of nitrogens with two attached hydrogens (primary N) is 1. The molecule has 60 valence electrons. The maximum Gasteiger partial charge on any atom is 0.223 e. The number of hydrogen-bond donors (Lipinski definition) is 1. The van der Waals surface area contributed by atoms with Crippen molar-refractivity contribution in [1.29, 1.82) is 0 Å². The molecule has 3 nitrogen and oxygen atoms in total. The fourth-order valence-electron chi connectivity index (χ4n) is 0.608. The maximum absolute atomic E-state index is 11.0. The van der Waals surface area contributed by atoms with E-state index in [1.807, 2.05) is 13.8 Å². The largest absolute Gasteiger partial charge is 0.346 e. The normalized spacial score (nSPS) is 12.8. The second kappa shape index (κ2) is 4.28. The third-order valence-corrected chi connectivity index (χ3v) is 1.40. The summed E-state index contributed by atoms with van der Waals surface area (Å²) in [5, 5.41) is 0. The molecule has 0 aromatic heterocycles. The summed E-state index contributed by atoms with van der Waals surface area (Å²) in [4.78, 5) is 12.7. The third-order valence-electron chi connectivity index (χ3n) is 1.40. The van der Waals surface area contributed by atoms with E-state index in [0.29, 0.717) is 6.42 Å². The average molecular weight is 144 g/mol. The monoisotopic (exact) mass is 144 g/mol. The van der Waals surface area contributed by atoms with Gasteiger partial charge in [-0.05, 0) is 13.8 Å². The predicted octanol–water partition coefficient (Wildman–Crippen LogP) is 0.202. The van der Waals surface area contributed by atoms with Gasteiger partial charge >= 0.3 is 0 Å². The van der Waals surface area contributed by atoms with Gasteiger partial charge in [0.1, 0.15) is 0 Å². The molecule has 0 aromatic rings. The van der Waals surface area contributed by atoms with E-state index in [4.69, 9.17) is 5.73 Å². The van der Waals surface area contributed by atoms with E-state index in [1.165, 1.54) is 0 Å². The van der Waals surface area contributed by atoms with Crippen LogP contribution in [0, 0.1) is 0 Å². The maximum atomic E-state index is 11.0. The molecule has 0 bridgehead atoms. The van der Waals surface area contributed by atoms with Crippen LogP contribution < -0.4 is 5.73 Å². The Morgan fingerprint density at radius 3 is 2.50 bits per heavy atom. The molecule has 0 radical (unpaired) electrons. The summed E-state index contributed by atoms with van der Waals surface area (Å²) >= 11 is 0. The molecule has 0 heterocycles. The summed E-state index contributed by atoms with van der Waals surface area (Å²) in [5.41, 5.74) is 5.44. The number of amides is 1. The first kappa shape index (κ1) is 9.43. The summed E-state index contributed by atoms with van der Waals surface area (Å²) in [5.74, 6) is 0.123. The van der Waals surface area contributed by atoms with Crippen molar-refractivity contribution in [1.82, 2.24) is 4.90 Å². The molecule has 1 amide bonds. The minimum atomic E-state index is -0.0264. The van der Waals surface area contributed by atoms with Crippen molar-refractivity contribution < 1.29 is 4.79 Å². The first-order valence-electron chi connectivity index (χ1n) is 3.57. The lowest BCUT2D eigenvalue weighted by molar-refractivity contribution is -0.129. The number of nitrogens with zero attached hydrogens (tertiary/aromatic N) is 1. The average Bonchev–Trinajstić information content (AvgIpc) is 1.85. The van der Waals surface area contributed by atoms with Crippen molar-refractivity contribution in [2.75, 3.05) is 13.6 Å². The highest BCUT2D eigenvalue weighted by Crippen LogP contribution is 1.92. The van der Waals surface area contributed by atoms with Gasteiger partial charge in [-0.15, -0.1) is 0 Å². The number of hydrogen-bond acceptors (Lipinski definition) is 2. The van der Waals surface area contributed by atoms with Crippen molar-refractivity contribution in [3.63, 3.8) is 0 Å². The van der Waals surface area contributed by atoms with E-state index in [-0.39, 0.29) is 11.9 Å². The van der Waals surface area contributed by atoms with Crippen molar-refractivity contribution in [3.05, 3.63) is 0 Å². The standard InChI is InChI=1S/C7H16N2O/c1-4-9(3)7(10)5-6(2)8/h6H,4-5,8H2,1-3H3. The Hall–Kier alpha value is -0.570. The molecule has 3 heteroatoms. The molecule has 0 aliphatic carbocycles. The summed E-state index contributed by atoms with van der Waals surface area (Å²) in [6.07, 6.45) is 0.449. The van der Waals surface area contributed by atoms with Gasteiger partial charge in [0.25, 0.3) is 0 Å². The predicted molar refractivity (Wildman–Crippen MR) is 41.6 cm³/mol. The van der Waals surface area contributed by atoms with Gasteiger partial charge in [0.2, 0.25) is 5.91 Å². The highest BCUT2D eigenvalue weighted by molar-refractivity contribution is 5.76. The quantitative estimate of drug-likeness (QED) is 0.615. The Balaban J connectivity index is 3.62. The summed E-state index contributed by atoms with van der Waals surface area (Å²) in [7, 11) is 1.78. The van der Waals surface area contributed by atoms with Crippen LogP contribution in [0.1, 0.15) is 20.3 Å². The molecular weight excluding hydrogens is 128 g/mol. The van der Waals surface area contributed by atoms with Crippen LogP contribution >= 0.6 is 0 Å². The molecular formula is C7H16N2O. The van der Waals surface area contributed by atoms with Crippen LogP contribution in [-0.2, 0) is 4.79 Å². The van der Waals surface area contributed by atoms with Crippen molar-refractivity contribution >= 4 is 5.91 Å². The minimum absolute atomic E-state index is 0.0264. The minimum Gasteiger partial charge on any atom is -0.346 e. The third kappa shape index (κ3) is 3.45. The fraction of sp³-hybridized carbons (Fsp3) is 0.857. The zero-order valence-electron chi connectivity index (χ0n) is 6.92. The number of carbonyl (C=O) groups excluding carboxylic acids is 1. The van der Waals surface area contributed by atoms with E-state index >= 15 is 0 Å². The van der Waals surface area contributed by atoms with Gasteiger partial charge in [0.05, 0.1) is 0 Å². The summed E-state index contributed by atoms with van der Waals surface area (Å²) in [6, 6.07) is -0.0264. The van der Waals surface area contributed by atoms with Gasteiger partial charge in [0.15, 0.2) is 0 Å². The van der Waals surface area contributed by atoms with Crippen LogP contribution in [0.15, 0.2) is 0 Å². The highest BCUT2D eigenvalue weighted by atomic mass is 16.2. The lowest BCUT2D eigenvalue weighted by atomic mass is 10.2. The molecule has 2 N–H and O–H groups in total. The second-order valence-electron chi connectivity index (χ2n) is 2.59. The van der Waals surface area contributed by atoms with Crippen molar-refractivity contribution in [2.45, 2.75) is 26.3 Å². The first-order valence-corrected chi connectivity index (χ1v) is 3.57. The zero-order valence-corrected chi connectivity index (χ0v) is 6.92. The van der Waals surface area contributed by atoms with Gasteiger partial charge in [-0.3, -0.25) is 4.79 Å². The Labute approximate surface area is 62.2 Å². The van der Waals surface area contributed by atoms with E-state index < -0.39 is 0 Å². The SMILES string of the molecule is CCN(C)C(=O)CC(C)N. The van der Waals surface area contributed by atoms with Gasteiger partial charge in [0, 0.05) is 26.1 Å². The van der Waals surface area contributed by atoms with E-state index in [2.05, 4.69) is 0 Å². The second-order valence-corrected chi connectivity index (χ2v) is 2.59. The molecule has 0 fully saturated rings. The fourth-order valence-corrected chi connectivity index (χ4v) is 0.608. The van der Waals surface area contributed by atoms with Crippen LogP contribution in [-0.4, -0.2) is 30.4 Å². The van der Waals surface area contributed by atoms with Crippen LogP contribution in [0.4, 0.5) is 0 Å². The van der Waals surface area contributed by atoms with Gasteiger partial charge in [-0.25, -0.2) is 0 Å². The molecule has 0 aliphatic rings. The zero-order chi connectivity index (χ0) is 8.15. The Bertz CT molecular complexity index is 112. The Morgan fingerprint density at radius 1 is 1.70 bits per heavy atom. The Morgan fingerprint density at radius 2 is 2.20 bits per heavy atom. The van der Waals surface area contributed by atoms with E-state index in [0.717, 1.165) is 6.54 Å². The molecule has 1 atom stereocenters.